The number of nitrogens with one attached hydrogen (secondary N) is 1. The summed E-state index contributed by atoms with van der Waals surface area (Å²) in [5, 5.41) is 5.15. The summed E-state index contributed by atoms with van der Waals surface area (Å²) >= 11 is 1.50. The Balaban J connectivity index is 1.64. The van der Waals surface area contributed by atoms with Crippen molar-refractivity contribution in [3.8, 4) is 0 Å². The second-order valence-electron chi connectivity index (χ2n) is 5.39. The largest absolute Gasteiger partial charge is 0.469 e. The van der Waals surface area contributed by atoms with Crippen LogP contribution in [0.5, 0.6) is 0 Å². The molecule has 0 bridgehead atoms. The van der Waals surface area contributed by atoms with Crippen LogP contribution in [0.2, 0.25) is 0 Å². The fourth-order valence-corrected chi connectivity index (χ4v) is 3.60. The lowest BCUT2D eigenvalue weighted by molar-refractivity contribution is 0.0908. The number of hydrogen-bond acceptors (Lipinski definition) is 3. The molecule has 4 heteroatoms. The molecule has 0 aromatic carbocycles. The van der Waals surface area contributed by atoms with Gasteiger partial charge in [-0.2, -0.15) is 0 Å². The quantitative estimate of drug-likeness (QED) is 0.928. The van der Waals surface area contributed by atoms with Gasteiger partial charge in [0.2, 0.25) is 0 Å². The van der Waals surface area contributed by atoms with Crippen LogP contribution in [0, 0.1) is 5.92 Å². The third-order valence-corrected chi connectivity index (χ3v) is 4.88. The van der Waals surface area contributed by atoms with Crippen LogP contribution in [0.3, 0.4) is 0 Å². The molecule has 3 nitrogen and oxygen atoms in total. The number of thiophene rings is 1. The van der Waals surface area contributed by atoms with Crippen molar-refractivity contribution in [1.29, 1.82) is 0 Å². The van der Waals surface area contributed by atoms with Crippen molar-refractivity contribution < 1.29 is 9.21 Å². The van der Waals surface area contributed by atoms with Crippen LogP contribution in [-0.2, 0) is 6.42 Å². The number of carbonyl (C=O) groups is 1. The molecular formula is C16H19NO2S. The molecule has 2 atom stereocenters. The molecule has 1 saturated carbocycles. The normalized spacial score (nSPS) is 22.6. The molecule has 106 valence electrons. The van der Waals surface area contributed by atoms with E-state index in [2.05, 4.69) is 5.32 Å². The zero-order valence-electron chi connectivity index (χ0n) is 11.4. The highest BCUT2D eigenvalue weighted by Crippen LogP contribution is 2.28. The number of amides is 1. The van der Waals surface area contributed by atoms with Gasteiger partial charge in [-0.05, 0) is 42.3 Å². The summed E-state index contributed by atoms with van der Waals surface area (Å²) < 4.78 is 5.45. The molecule has 0 spiro atoms. The van der Waals surface area contributed by atoms with Gasteiger partial charge in [-0.1, -0.05) is 18.9 Å². The van der Waals surface area contributed by atoms with Crippen molar-refractivity contribution in [1.82, 2.24) is 5.32 Å². The highest BCUT2D eigenvalue weighted by atomic mass is 32.1. The lowest BCUT2D eigenvalue weighted by atomic mass is 9.82. The van der Waals surface area contributed by atoms with Crippen LogP contribution in [-0.4, -0.2) is 11.9 Å². The molecule has 1 fully saturated rings. The fourth-order valence-electron chi connectivity index (χ4n) is 2.98. The van der Waals surface area contributed by atoms with E-state index in [1.807, 2.05) is 29.6 Å². The van der Waals surface area contributed by atoms with E-state index in [4.69, 9.17) is 4.42 Å². The Morgan fingerprint density at radius 2 is 2.20 bits per heavy atom. The Morgan fingerprint density at radius 1 is 1.30 bits per heavy atom. The predicted octanol–water partition coefficient (Wildman–Crippen LogP) is 3.87. The van der Waals surface area contributed by atoms with E-state index in [0.29, 0.717) is 5.92 Å². The van der Waals surface area contributed by atoms with Gasteiger partial charge in [0.25, 0.3) is 5.91 Å². The van der Waals surface area contributed by atoms with Gasteiger partial charge in [-0.15, -0.1) is 11.3 Å². The smallest absolute Gasteiger partial charge is 0.261 e. The molecule has 3 rings (SSSR count). The van der Waals surface area contributed by atoms with E-state index in [9.17, 15) is 4.79 Å². The van der Waals surface area contributed by atoms with E-state index in [0.717, 1.165) is 29.9 Å². The molecule has 1 amide bonds. The maximum atomic E-state index is 12.2. The lowest BCUT2D eigenvalue weighted by Crippen LogP contribution is -2.42. The van der Waals surface area contributed by atoms with Gasteiger partial charge in [0, 0.05) is 12.5 Å². The lowest BCUT2D eigenvalue weighted by Gasteiger charge is -2.31. The summed E-state index contributed by atoms with van der Waals surface area (Å²) in [7, 11) is 0. The van der Waals surface area contributed by atoms with Crippen LogP contribution >= 0.6 is 11.3 Å². The zero-order chi connectivity index (χ0) is 13.8. The van der Waals surface area contributed by atoms with Crippen LogP contribution in [0.15, 0.2) is 40.3 Å². The highest BCUT2D eigenvalue weighted by Gasteiger charge is 2.27. The molecule has 0 aliphatic heterocycles. The third-order valence-electron chi connectivity index (χ3n) is 4.01. The van der Waals surface area contributed by atoms with E-state index in [1.165, 1.54) is 24.2 Å². The second kappa shape index (κ2) is 6.27. The molecule has 0 saturated heterocycles. The molecule has 2 heterocycles. The first-order valence-electron chi connectivity index (χ1n) is 7.19. The standard InChI is InChI=1S/C16H19NO2S/c18-16(15-8-4-10-20-15)17-14-7-2-1-5-12(14)11-13-6-3-9-19-13/h3-4,6,8-10,12,14H,1-2,5,7,11H2,(H,17,18)/t12-,14+/m1/s1. The van der Waals surface area contributed by atoms with Gasteiger partial charge in [0.05, 0.1) is 11.1 Å². The summed E-state index contributed by atoms with van der Waals surface area (Å²) in [5.41, 5.74) is 0. The minimum atomic E-state index is 0.0661. The van der Waals surface area contributed by atoms with Crippen LogP contribution in [0.1, 0.15) is 41.1 Å². The predicted molar refractivity (Wildman–Crippen MR) is 79.9 cm³/mol. The average molecular weight is 289 g/mol. The molecule has 0 unspecified atom stereocenters. The summed E-state index contributed by atoms with van der Waals surface area (Å²) in [6.07, 6.45) is 7.32. The Hall–Kier alpha value is -1.55. The monoisotopic (exact) mass is 289 g/mol. The van der Waals surface area contributed by atoms with Gasteiger partial charge in [0.15, 0.2) is 0 Å². The SMILES string of the molecule is O=C(N[C@H]1CCCC[C@@H]1Cc1ccco1)c1cccs1. The first-order chi connectivity index (χ1) is 9.83. The minimum absolute atomic E-state index is 0.0661. The summed E-state index contributed by atoms with van der Waals surface area (Å²) in [6, 6.07) is 8.01. The minimum Gasteiger partial charge on any atom is -0.469 e. The average Bonchev–Trinajstić information content (AvgIpc) is 3.13. The van der Waals surface area contributed by atoms with Gasteiger partial charge < -0.3 is 9.73 Å². The van der Waals surface area contributed by atoms with Crippen molar-refractivity contribution in [2.45, 2.75) is 38.1 Å². The Morgan fingerprint density at radius 3 is 2.95 bits per heavy atom. The number of carbonyl (C=O) groups excluding carboxylic acids is 1. The van der Waals surface area contributed by atoms with Gasteiger partial charge in [-0.25, -0.2) is 0 Å². The highest BCUT2D eigenvalue weighted by molar-refractivity contribution is 7.12. The summed E-state index contributed by atoms with van der Waals surface area (Å²) in [6.45, 7) is 0. The van der Waals surface area contributed by atoms with E-state index in [1.54, 1.807) is 6.26 Å². The van der Waals surface area contributed by atoms with Crippen LogP contribution in [0.4, 0.5) is 0 Å². The summed E-state index contributed by atoms with van der Waals surface area (Å²) in [5.74, 6) is 1.57. The van der Waals surface area contributed by atoms with Crippen LogP contribution < -0.4 is 5.32 Å². The van der Waals surface area contributed by atoms with Gasteiger partial charge in [0.1, 0.15) is 5.76 Å². The zero-order valence-corrected chi connectivity index (χ0v) is 12.2. The Kier molecular flexibility index (Phi) is 4.21. The van der Waals surface area contributed by atoms with E-state index in [-0.39, 0.29) is 11.9 Å². The fraction of sp³-hybridized carbons (Fsp3) is 0.438. The first kappa shape index (κ1) is 13.4. The van der Waals surface area contributed by atoms with E-state index < -0.39 is 0 Å². The van der Waals surface area contributed by atoms with Crippen molar-refractivity contribution >= 4 is 17.2 Å². The molecule has 1 N–H and O–H groups in total. The topological polar surface area (TPSA) is 42.2 Å². The van der Waals surface area contributed by atoms with Crippen molar-refractivity contribution in [2.24, 2.45) is 5.92 Å². The molecule has 2 aromatic heterocycles. The van der Waals surface area contributed by atoms with Crippen molar-refractivity contribution in [3.05, 3.63) is 46.5 Å². The molecule has 1 aliphatic rings. The molecule has 20 heavy (non-hydrogen) atoms. The van der Waals surface area contributed by atoms with Gasteiger partial charge >= 0.3 is 0 Å². The maximum absolute atomic E-state index is 12.2. The van der Waals surface area contributed by atoms with E-state index >= 15 is 0 Å². The number of furan rings is 1. The Bertz CT molecular complexity index is 533. The third kappa shape index (κ3) is 3.12. The first-order valence-corrected chi connectivity index (χ1v) is 8.07. The van der Waals surface area contributed by atoms with Crippen molar-refractivity contribution in [3.63, 3.8) is 0 Å². The Labute approximate surface area is 123 Å². The van der Waals surface area contributed by atoms with Crippen molar-refractivity contribution in [2.75, 3.05) is 0 Å². The second-order valence-corrected chi connectivity index (χ2v) is 6.33. The molecular weight excluding hydrogens is 270 g/mol. The number of rotatable bonds is 4. The molecule has 2 aromatic rings. The summed E-state index contributed by atoms with van der Waals surface area (Å²) in [4.78, 5) is 13.0. The molecule has 1 aliphatic carbocycles. The number of hydrogen-bond donors (Lipinski definition) is 1. The maximum Gasteiger partial charge on any atom is 0.261 e. The molecule has 0 radical (unpaired) electrons. The van der Waals surface area contributed by atoms with Crippen LogP contribution in [0.25, 0.3) is 0 Å². The van der Waals surface area contributed by atoms with Gasteiger partial charge in [-0.3, -0.25) is 4.79 Å².